The van der Waals surface area contributed by atoms with Gasteiger partial charge in [-0.25, -0.2) is 0 Å². The van der Waals surface area contributed by atoms with Crippen molar-refractivity contribution < 1.29 is 14.6 Å². The van der Waals surface area contributed by atoms with E-state index < -0.39 is 0 Å². The van der Waals surface area contributed by atoms with Crippen molar-refractivity contribution in [1.29, 1.82) is 0 Å². The molecular formula is C21H28N2O3. The van der Waals surface area contributed by atoms with Gasteiger partial charge < -0.3 is 20.1 Å². The highest BCUT2D eigenvalue weighted by Gasteiger charge is 2.24. The summed E-state index contributed by atoms with van der Waals surface area (Å²) in [6.07, 6.45) is 10.5. The van der Waals surface area contributed by atoms with Gasteiger partial charge in [0.25, 0.3) is 0 Å². The van der Waals surface area contributed by atoms with Crippen LogP contribution in [0, 0.1) is 0 Å². The third kappa shape index (κ3) is 4.67. The van der Waals surface area contributed by atoms with Gasteiger partial charge in [-0.3, -0.25) is 4.79 Å². The Morgan fingerprint density at radius 2 is 2.08 bits per heavy atom. The van der Waals surface area contributed by atoms with Gasteiger partial charge >= 0.3 is 0 Å². The van der Waals surface area contributed by atoms with Gasteiger partial charge in [-0.2, -0.15) is 0 Å². The summed E-state index contributed by atoms with van der Waals surface area (Å²) >= 11 is 0. The number of hydrogen-bond donors (Lipinski definition) is 2. The molecule has 0 spiro atoms. The topological polar surface area (TPSA) is 61.8 Å². The Balaban J connectivity index is 1.44. The number of allylic oxidation sites excluding steroid dienone is 1. The van der Waals surface area contributed by atoms with Crippen molar-refractivity contribution in [3.05, 3.63) is 42.1 Å². The lowest BCUT2D eigenvalue weighted by Gasteiger charge is -2.32. The fourth-order valence-electron chi connectivity index (χ4n) is 3.64. The van der Waals surface area contributed by atoms with Gasteiger partial charge in [0, 0.05) is 29.4 Å². The highest BCUT2D eigenvalue weighted by Crippen LogP contribution is 2.28. The monoisotopic (exact) mass is 356 g/mol. The van der Waals surface area contributed by atoms with E-state index in [9.17, 15) is 9.90 Å². The molecule has 1 saturated carbocycles. The number of rotatable bonds is 7. The molecule has 0 atom stereocenters. The molecule has 2 N–H and O–H groups in total. The third-order valence-corrected chi connectivity index (χ3v) is 5.07. The van der Waals surface area contributed by atoms with E-state index in [0.29, 0.717) is 19.4 Å². The van der Waals surface area contributed by atoms with Crippen molar-refractivity contribution in [2.45, 2.75) is 51.0 Å². The van der Waals surface area contributed by atoms with E-state index in [1.54, 1.807) is 4.90 Å². The third-order valence-electron chi connectivity index (χ3n) is 5.07. The summed E-state index contributed by atoms with van der Waals surface area (Å²) < 4.78 is 5.79. The van der Waals surface area contributed by atoms with Crippen LogP contribution in [0.1, 0.15) is 50.5 Å². The van der Waals surface area contributed by atoms with Crippen molar-refractivity contribution in [2.24, 2.45) is 0 Å². The zero-order valence-electron chi connectivity index (χ0n) is 15.2. The second kappa shape index (κ2) is 8.90. The minimum atomic E-state index is -0.181. The Kier molecular flexibility index (Phi) is 6.34. The Morgan fingerprint density at radius 1 is 1.27 bits per heavy atom. The summed E-state index contributed by atoms with van der Waals surface area (Å²) in [5.74, 6) is 0.820. The maximum absolute atomic E-state index is 12.4. The number of ether oxygens (including phenoxy) is 1. The number of anilines is 1. The molecule has 0 bridgehead atoms. The van der Waals surface area contributed by atoms with Gasteiger partial charge in [-0.05, 0) is 43.5 Å². The second-order valence-corrected chi connectivity index (χ2v) is 6.98. The molecule has 1 aromatic carbocycles. The summed E-state index contributed by atoms with van der Waals surface area (Å²) in [7, 11) is 0. The lowest BCUT2D eigenvalue weighted by atomic mass is 9.94. The first-order chi connectivity index (χ1) is 12.7. The Morgan fingerprint density at radius 3 is 2.85 bits per heavy atom. The van der Waals surface area contributed by atoms with Gasteiger partial charge in [0.2, 0.25) is 5.91 Å². The highest BCUT2D eigenvalue weighted by molar-refractivity contribution is 5.76. The molecule has 5 nitrogen and oxygen atoms in total. The average molecular weight is 356 g/mol. The normalized spacial score (nSPS) is 16.7. The number of carbonyl (C=O) groups is 1. The van der Waals surface area contributed by atoms with Crippen LogP contribution in [0.15, 0.2) is 36.6 Å². The molecule has 1 heterocycles. The molecule has 1 amide bonds. The SMILES string of the molecule is C=C1C=Cc2cc(OCCCC(=O)N(CO)C3CCCCC3)ccc2N1. The smallest absolute Gasteiger partial charge is 0.224 e. The fourth-order valence-corrected chi connectivity index (χ4v) is 3.64. The molecular weight excluding hydrogens is 328 g/mol. The zero-order chi connectivity index (χ0) is 18.4. The molecule has 26 heavy (non-hydrogen) atoms. The van der Waals surface area contributed by atoms with Crippen LogP contribution in [0.25, 0.3) is 6.08 Å². The number of aliphatic hydroxyl groups is 1. The summed E-state index contributed by atoms with van der Waals surface area (Å²) in [6, 6.07) is 6.08. The van der Waals surface area contributed by atoms with Crippen molar-refractivity contribution in [3.63, 3.8) is 0 Å². The van der Waals surface area contributed by atoms with Crippen molar-refractivity contribution in [3.8, 4) is 5.75 Å². The molecule has 0 unspecified atom stereocenters. The van der Waals surface area contributed by atoms with Crippen LogP contribution in [0.4, 0.5) is 5.69 Å². The molecule has 0 radical (unpaired) electrons. The standard InChI is InChI=1S/C21H28N2O3/c1-16-9-10-17-14-19(11-12-20(17)22-16)26-13-5-8-21(25)23(15-24)18-6-3-2-4-7-18/h9-12,14,18,22,24H,1-8,13,15H2. The van der Waals surface area contributed by atoms with Crippen molar-refractivity contribution in [2.75, 3.05) is 18.7 Å². The number of nitrogens with one attached hydrogen (secondary N) is 1. The molecule has 2 aliphatic rings. The minimum Gasteiger partial charge on any atom is -0.494 e. The van der Waals surface area contributed by atoms with Gasteiger partial charge in [0.15, 0.2) is 0 Å². The largest absolute Gasteiger partial charge is 0.494 e. The molecule has 140 valence electrons. The van der Waals surface area contributed by atoms with Crippen molar-refractivity contribution in [1.82, 2.24) is 4.90 Å². The zero-order valence-corrected chi connectivity index (χ0v) is 15.2. The maximum Gasteiger partial charge on any atom is 0.224 e. The maximum atomic E-state index is 12.4. The molecule has 1 fully saturated rings. The van der Waals surface area contributed by atoms with Crippen LogP contribution in [0.3, 0.4) is 0 Å². The lowest BCUT2D eigenvalue weighted by Crippen LogP contribution is -2.42. The predicted molar refractivity (Wildman–Crippen MR) is 104 cm³/mol. The molecule has 1 aliphatic heterocycles. The van der Waals surface area contributed by atoms with E-state index in [2.05, 4.69) is 11.9 Å². The summed E-state index contributed by atoms with van der Waals surface area (Å²) in [5, 5.41) is 12.8. The number of amides is 1. The molecule has 5 heteroatoms. The first-order valence-electron chi connectivity index (χ1n) is 9.48. The fraction of sp³-hybridized carbons (Fsp3) is 0.476. The number of aliphatic hydroxyl groups excluding tert-OH is 1. The van der Waals surface area contributed by atoms with Crippen LogP contribution < -0.4 is 10.1 Å². The van der Waals surface area contributed by atoms with E-state index in [0.717, 1.165) is 48.4 Å². The first-order valence-corrected chi connectivity index (χ1v) is 9.48. The van der Waals surface area contributed by atoms with Crippen LogP contribution in [0.5, 0.6) is 5.75 Å². The average Bonchev–Trinajstić information content (AvgIpc) is 2.66. The number of nitrogens with zero attached hydrogens (tertiary/aromatic N) is 1. The minimum absolute atomic E-state index is 0.0269. The van der Waals surface area contributed by atoms with E-state index in [-0.39, 0.29) is 18.7 Å². The summed E-state index contributed by atoms with van der Waals surface area (Å²) in [5.41, 5.74) is 2.96. The first kappa shape index (κ1) is 18.5. The number of fused-ring (bicyclic) bond motifs is 1. The van der Waals surface area contributed by atoms with Gasteiger partial charge in [0.1, 0.15) is 12.5 Å². The number of carbonyl (C=O) groups excluding carboxylic acids is 1. The van der Waals surface area contributed by atoms with Crippen LogP contribution in [-0.4, -0.2) is 35.3 Å². The van der Waals surface area contributed by atoms with E-state index in [1.807, 2.05) is 30.4 Å². The highest BCUT2D eigenvalue weighted by atomic mass is 16.5. The van der Waals surface area contributed by atoms with E-state index in [1.165, 1.54) is 6.42 Å². The van der Waals surface area contributed by atoms with Gasteiger partial charge in [0.05, 0.1) is 6.61 Å². The van der Waals surface area contributed by atoms with E-state index >= 15 is 0 Å². The van der Waals surface area contributed by atoms with Gasteiger partial charge in [-0.1, -0.05) is 31.9 Å². The van der Waals surface area contributed by atoms with Crippen LogP contribution in [0.2, 0.25) is 0 Å². The molecule has 1 aliphatic carbocycles. The second-order valence-electron chi connectivity index (χ2n) is 6.98. The predicted octanol–water partition coefficient (Wildman–Crippen LogP) is 3.91. The molecule has 1 aromatic rings. The van der Waals surface area contributed by atoms with Crippen molar-refractivity contribution >= 4 is 17.7 Å². The summed E-state index contributed by atoms with van der Waals surface area (Å²) in [4.78, 5) is 14.0. The number of benzene rings is 1. The van der Waals surface area contributed by atoms with E-state index in [4.69, 9.17) is 4.74 Å². The summed E-state index contributed by atoms with van der Waals surface area (Å²) in [6.45, 7) is 4.19. The lowest BCUT2D eigenvalue weighted by molar-refractivity contribution is -0.138. The van der Waals surface area contributed by atoms with Gasteiger partial charge in [-0.15, -0.1) is 0 Å². The van der Waals surface area contributed by atoms with Crippen LogP contribution >= 0.6 is 0 Å². The molecule has 0 saturated heterocycles. The molecule has 0 aromatic heterocycles. The Hall–Kier alpha value is -2.27. The number of hydrogen-bond acceptors (Lipinski definition) is 4. The quantitative estimate of drug-likeness (QED) is 0.574. The Bertz CT molecular complexity index is 678. The van der Waals surface area contributed by atoms with Crippen LogP contribution in [-0.2, 0) is 4.79 Å². The molecule has 3 rings (SSSR count). The Labute approximate surface area is 155 Å².